The van der Waals surface area contributed by atoms with Gasteiger partial charge in [0.25, 0.3) is 0 Å². The van der Waals surface area contributed by atoms with Gasteiger partial charge in [0.15, 0.2) is 0 Å². The van der Waals surface area contributed by atoms with Crippen molar-refractivity contribution in [2.75, 3.05) is 0 Å². The van der Waals surface area contributed by atoms with Gasteiger partial charge in [-0.2, -0.15) is 0 Å². The monoisotopic (exact) mass is 222 g/mol. The van der Waals surface area contributed by atoms with Crippen molar-refractivity contribution in [1.29, 1.82) is 0 Å². The Morgan fingerprint density at radius 1 is 1.12 bits per heavy atom. The van der Waals surface area contributed by atoms with Crippen LogP contribution >= 0.6 is 22.6 Å². The van der Waals surface area contributed by atoms with Crippen LogP contribution in [0.5, 0.6) is 0 Å². The third kappa shape index (κ3) is 0.703. The molecule has 0 heterocycles. The van der Waals surface area contributed by atoms with Crippen LogP contribution in [0.15, 0.2) is 0 Å². The molecule has 2 saturated carbocycles. The molecule has 2 rings (SSSR count). The van der Waals surface area contributed by atoms with Crippen molar-refractivity contribution >= 4 is 22.6 Å². The lowest BCUT2D eigenvalue weighted by atomic mass is 10.0. The molecule has 0 saturated heterocycles. The van der Waals surface area contributed by atoms with Gasteiger partial charge in [0.1, 0.15) is 0 Å². The van der Waals surface area contributed by atoms with E-state index >= 15 is 0 Å². The lowest BCUT2D eigenvalue weighted by Gasteiger charge is -2.13. The molecule has 2 aliphatic rings. The van der Waals surface area contributed by atoms with Gasteiger partial charge in [-0.05, 0) is 31.1 Å². The molecule has 2 fully saturated rings. The van der Waals surface area contributed by atoms with Crippen LogP contribution in [-0.2, 0) is 0 Å². The fourth-order valence-corrected chi connectivity index (χ4v) is 3.54. The maximum absolute atomic E-state index is 2.62. The number of fused-ring (bicyclic) bond motifs is 2. The van der Waals surface area contributed by atoms with Crippen LogP contribution in [0.2, 0.25) is 0 Å². The van der Waals surface area contributed by atoms with Crippen molar-refractivity contribution in [3.05, 3.63) is 0 Å². The van der Waals surface area contributed by atoms with Crippen molar-refractivity contribution in [2.24, 2.45) is 11.8 Å². The van der Waals surface area contributed by atoms with E-state index in [1.54, 1.807) is 12.8 Å². The average Bonchev–Trinajstić information content (AvgIpc) is 2.23. The van der Waals surface area contributed by atoms with E-state index in [-0.39, 0.29) is 0 Å². The number of rotatable bonds is 0. The SMILES string of the molecule is I[C@@H]1C[C@H]2CC[C@H]1C2. The van der Waals surface area contributed by atoms with E-state index in [4.69, 9.17) is 0 Å². The van der Waals surface area contributed by atoms with Gasteiger partial charge in [-0.1, -0.05) is 29.0 Å². The molecule has 3 atom stereocenters. The quantitative estimate of drug-likeness (QED) is 0.436. The minimum Gasteiger partial charge on any atom is -0.0823 e. The third-order valence-corrected chi connectivity index (χ3v) is 4.18. The number of halogens is 1. The van der Waals surface area contributed by atoms with Gasteiger partial charge in [-0.3, -0.25) is 0 Å². The number of alkyl halides is 1. The lowest BCUT2D eigenvalue weighted by Crippen LogP contribution is -2.07. The second-order valence-corrected chi connectivity index (χ2v) is 4.79. The summed E-state index contributed by atoms with van der Waals surface area (Å²) in [5.74, 6) is 2.27. The van der Waals surface area contributed by atoms with Crippen LogP contribution in [-0.4, -0.2) is 3.92 Å². The van der Waals surface area contributed by atoms with Crippen LogP contribution in [0.1, 0.15) is 25.7 Å². The normalized spacial score (nSPS) is 52.9. The molecule has 0 aliphatic heterocycles. The molecule has 0 unspecified atom stereocenters. The van der Waals surface area contributed by atoms with Crippen molar-refractivity contribution in [3.63, 3.8) is 0 Å². The van der Waals surface area contributed by atoms with Gasteiger partial charge >= 0.3 is 0 Å². The maximum Gasteiger partial charge on any atom is 0.0141 e. The van der Waals surface area contributed by atoms with E-state index in [1.165, 1.54) is 12.8 Å². The second kappa shape index (κ2) is 1.86. The van der Waals surface area contributed by atoms with E-state index in [1.807, 2.05) is 0 Å². The van der Waals surface area contributed by atoms with Gasteiger partial charge in [-0.15, -0.1) is 0 Å². The summed E-state index contributed by atoms with van der Waals surface area (Å²) in [6.07, 6.45) is 6.18. The second-order valence-electron chi connectivity index (χ2n) is 3.19. The standard InChI is InChI=1S/C7H11I/c8-7-4-5-1-2-6(7)3-5/h5-7H,1-4H2/t5-,6-,7+/m0/s1. The summed E-state index contributed by atoms with van der Waals surface area (Å²) in [6.45, 7) is 0. The van der Waals surface area contributed by atoms with E-state index in [9.17, 15) is 0 Å². The predicted molar refractivity (Wildman–Crippen MR) is 43.3 cm³/mol. The topological polar surface area (TPSA) is 0 Å². The molecule has 0 radical (unpaired) electrons. The van der Waals surface area contributed by atoms with Crippen LogP contribution in [0, 0.1) is 11.8 Å². The summed E-state index contributed by atoms with van der Waals surface area (Å²) < 4.78 is 1.05. The zero-order chi connectivity index (χ0) is 5.56. The van der Waals surface area contributed by atoms with Gasteiger partial charge in [0, 0.05) is 3.92 Å². The minimum atomic E-state index is 1.05. The highest BCUT2D eigenvalue weighted by Crippen LogP contribution is 2.47. The first-order valence-electron chi connectivity index (χ1n) is 3.50. The van der Waals surface area contributed by atoms with E-state index in [0.29, 0.717) is 0 Å². The van der Waals surface area contributed by atoms with E-state index in [2.05, 4.69) is 22.6 Å². The Bertz CT molecular complexity index is 98.6. The molecule has 0 aromatic carbocycles. The summed E-state index contributed by atoms with van der Waals surface area (Å²) in [5.41, 5.74) is 0. The summed E-state index contributed by atoms with van der Waals surface area (Å²) >= 11 is 2.62. The number of hydrogen-bond donors (Lipinski definition) is 0. The van der Waals surface area contributed by atoms with Crippen molar-refractivity contribution in [3.8, 4) is 0 Å². The molecule has 0 nitrogen and oxygen atoms in total. The lowest BCUT2D eigenvalue weighted by molar-refractivity contribution is 0.503. The number of hydrogen-bond acceptors (Lipinski definition) is 0. The average molecular weight is 222 g/mol. The molecular formula is C7H11I. The smallest absolute Gasteiger partial charge is 0.0141 e. The Kier molecular flexibility index (Phi) is 1.28. The Morgan fingerprint density at radius 2 is 2.00 bits per heavy atom. The minimum absolute atomic E-state index is 1.05. The van der Waals surface area contributed by atoms with Gasteiger partial charge in [-0.25, -0.2) is 0 Å². The molecule has 2 bridgehead atoms. The Labute approximate surface area is 64.2 Å². The van der Waals surface area contributed by atoms with Crippen LogP contribution in [0.25, 0.3) is 0 Å². The van der Waals surface area contributed by atoms with Crippen LogP contribution < -0.4 is 0 Å². The van der Waals surface area contributed by atoms with Gasteiger partial charge in [0.05, 0.1) is 0 Å². The first-order valence-corrected chi connectivity index (χ1v) is 4.75. The largest absolute Gasteiger partial charge is 0.0823 e. The highest BCUT2D eigenvalue weighted by atomic mass is 127. The first kappa shape index (κ1) is 5.51. The molecule has 46 valence electrons. The Morgan fingerprint density at radius 3 is 2.25 bits per heavy atom. The van der Waals surface area contributed by atoms with E-state index < -0.39 is 0 Å². The molecule has 0 aromatic rings. The van der Waals surface area contributed by atoms with E-state index in [0.717, 1.165) is 15.8 Å². The summed E-state index contributed by atoms with van der Waals surface area (Å²) in [4.78, 5) is 0. The maximum atomic E-state index is 2.62. The Balaban J connectivity index is 2.11. The van der Waals surface area contributed by atoms with Crippen LogP contribution in [0.4, 0.5) is 0 Å². The zero-order valence-corrected chi connectivity index (χ0v) is 7.10. The van der Waals surface area contributed by atoms with Crippen molar-refractivity contribution in [2.45, 2.75) is 29.6 Å². The van der Waals surface area contributed by atoms with Crippen LogP contribution in [0.3, 0.4) is 0 Å². The van der Waals surface area contributed by atoms with Gasteiger partial charge in [0.2, 0.25) is 0 Å². The molecule has 0 amide bonds. The summed E-state index contributed by atoms with van der Waals surface area (Å²) in [6, 6.07) is 0. The predicted octanol–water partition coefficient (Wildman–Crippen LogP) is 2.61. The Hall–Kier alpha value is 0.730. The molecule has 0 spiro atoms. The third-order valence-electron chi connectivity index (χ3n) is 2.65. The highest BCUT2D eigenvalue weighted by molar-refractivity contribution is 14.1. The summed E-state index contributed by atoms with van der Waals surface area (Å²) in [7, 11) is 0. The fraction of sp³-hybridized carbons (Fsp3) is 1.00. The zero-order valence-electron chi connectivity index (χ0n) is 4.94. The highest BCUT2D eigenvalue weighted by Gasteiger charge is 2.37. The summed E-state index contributed by atoms with van der Waals surface area (Å²) in [5, 5.41) is 0. The molecule has 1 heteroatoms. The molecule has 2 aliphatic carbocycles. The van der Waals surface area contributed by atoms with Crippen molar-refractivity contribution in [1.82, 2.24) is 0 Å². The molecular weight excluding hydrogens is 211 g/mol. The van der Waals surface area contributed by atoms with Gasteiger partial charge < -0.3 is 0 Å². The van der Waals surface area contributed by atoms with Crippen molar-refractivity contribution < 1.29 is 0 Å². The molecule has 0 aromatic heterocycles. The fourth-order valence-electron chi connectivity index (χ4n) is 2.17. The first-order chi connectivity index (χ1) is 3.86. The molecule has 8 heavy (non-hydrogen) atoms. The molecule has 0 N–H and O–H groups in total.